The molecule has 526 valence electrons. The molecule has 2 amide bonds. The van der Waals surface area contributed by atoms with Crippen molar-refractivity contribution in [3.63, 3.8) is 0 Å². The second kappa shape index (κ2) is 79.6. The minimum atomic E-state index is -0.481. The third kappa shape index (κ3) is 96.6. The predicted molar refractivity (Wildman–Crippen MR) is 401 cm³/mol. The van der Waals surface area contributed by atoms with Gasteiger partial charge in [0.1, 0.15) is 44.5 Å². The first-order valence-electron chi connectivity index (χ1n) is 28.2. The summed E-state index contributed by atoms with van der Waals surface area (Å²) >= 11 is 10.1. The molecular weight excluding hydrogens is 1430 g/mol. The number of hydrogen-bond acceptors (Lipinski definition) is 15. The van der Waals surface area contributed by atoms with Gasteiger partial charge in [-0.05, 0) is 111 Å². The Bertz CT molecular complexity index is 2740. The number of phenols is 1. The molecule has 3 aromatic carbocycles. The fourth-order valence-corrected chi connectivity index (χ4v) is 6.72. The third-order valence-electron chi connectivity index (χ3n) is 9.02. The van der Waals surface area contributed by atoms with Crippen LogP contribution in [0.3, 0.4) is 0 Å². The summed E-state index contributed by atoms with van der Waals surface area (Å²) in [7, 11) is 11.1. The number of quaternary nitrogens is 1. The van der Waals surface area contributed by atoms with Crippen LogP contribution >= 0.6 is 47.8 Å². The number of aromatic hydroxyl groups is 1. The standard InChI is InChI=1S/C11H9Br3O3.C9H17NO2.C8H16NO2.C8H8O.C8H8.C7H12O.C5H9NO.C4H5N.C4H6.C3H5NO.C3H3N.C3H6O.ClH/c1-2-10(15)16-3-4-17-11-8(13)5-7(12)6-9(11)14;1-4-9(11)12-8-7-10(5-2)6-3;1-5-8(10)11-7-6-9(2,3)4;1-2-7-3-5-8(9)6-4-7;1-2-8-6-4-3-5-7-8;1-4-7(8)5-6(2)3;1-4-5(7)6(2)3;1-4(2)3-5;1-3-4-2;1-2-3(4)5;1-2-3-4;1-3-4-2;/h2,5-6H,1,3-4H2;4H,1,5-8H2,2-3H3;5H,1,6-7H2,2-4H3;2-6,9H,1H2;2-7H,1H2;4,6H,1,5H2,2-3H3;4H,1H2,2-3H3;1H2,2H3;3-4H,1-2H2;2H,1H2,(H2,4,5);2H,1H2;3H,1H2,2H3;1H/q;;+1;;;;;;;;;;/p-1. The zero-order valence-electron chi connectivity index (χ0n) is 57.7. The van der Waals surface area contributed by atoms with Crippen LogP contribution < -0.4 is 22.9 Å². The maximum Gasteiger partial charge on any atom is 0.330 e. The van der Waals surface area contributed by atoms with Crippen LogP contribution in [0.1, 0.15) is 52.2 Å². The number of hydrogen-bond donors (Lipinski definition) is 2. The smallest absolute Gasteiger partial charge is 0.330 e. The van der Waals surface area contributed by atoms with E-state index in [4.69, 9.17) is 34.6 Å². The van der Waals surface area contributed by atoms with E-state index in [1.807, 2.05) is 102 Å². The van der Waals surface area contributed by atoms with E-state index in [-0.39, 0.29) is 49.2 Å². The van der Waals surface area contributed by atoms with E-state index in [9.17, 15) is 28.8 Å². The van der Waals surface area contributed by atoms with Crippen LogP contribution in [-0.2, 0) is 47.7 Å². The average Bonchev–Trinajstić information content (AvgIpc) is 0.907. The lowest BCUT2D eigenvalue weighted by atomic mass is 10.1. The molecule has 18 nitrogen and oxygen atoms in total. The summed E-state index contributed by atoms with van der Waals surface area (Å²) in [6.07, 6.45) is 17.2. The van der Waals surface area contributed by atoms with Crippen molar-refractivity contribution in [3.05, 3.63) is 243 Å². The molecule has 0 saturated heterocycles. The van der Waals surface area contributed by atoms with Crippen LogP contribution in [0, 0.1) is 28.6 Å². The number of likely N-dealkylation sites (N-methyl/N-ethyl adjacent to an activating group) is 3. The lowest BCUT2D eigenvalue weighted by molar-refractivity contribution is -0.870. The van der Waals surface area contributed by atoms with Crippen LogP contribution in [0.15, 0.2) is 232 Å². The Morgan fingerprint density at radius 3 is 1.31 bits per heavy atom. The molecule has 0 bridgehead atoms. The first-order chi connectivity index (χ1) is 44.1. The quantitative estimate of drug-likeness (QED) is 0.0124. The maximum atomic E-state index is 10.8. The van der Waals surface area contributed by atoms with E-state index in [0.717, 1.165) is 61.8 Å². The molecule has 0 aliphatic rings. The van der Waals surface area contributed by atoms with Gasteiger partial charge in [0, 0.05) is 61.4 Å². The predicted octanol–water partition coefficient (Wildman–Crippen LogP) is 12.6. The molecule has 0 unspecified atom stereocenters. The van der Waals surface area contributed by atoms with E-state index in [2.05, 4.69) is 163 Å². The van der Waals surface area contributed by atoms with E-state index in [1.165, 1.54) is 47.1 Å². The number of carbonyl (C=O) groups is 6. The minimum Gasteiger partial charge on any atom is -1.00 e. The Labute approximate surface area is 600 Å². The van der Waals surface area contributed by atoms with Gasteiger partial charge in [0.05, 0.1) is 55.6 Å². The average molecular weight is 1530 g/mol. The van der Waals surface area contributed by atoms with Crippen molar-refractivity contribution in [1.82, 2.24) is 9.80 Å². The van der Waals surface area contributed by atoms with E-state index in [1.54, 1.807) is 64.6 Å². The highest BCUT2D eigenvalue weighted by Crippen LogP contribution is 2.36. The second-order valence-corrected chi connectivity index (χ2v) is 21.1. The van der Waals surface area contributed by atoms with Crippen LogP contribution in [0.25, 0.3) is 12.2 Å². The second-order valence-electron chi connectivity index (χ2n) is 18.5. The Kier molecular flexibility index (Phi) is 90.4. The van der Waals surface area contributed by atoms with Crippen molar-refractivity contribution in [2.24, 2.45) is 11.7 Å². The molecule has 3 N–H and O–H groups in total. The SMILES string of the molecule is C=C(C)C#N.C=CC#N.C=CC(=O)CC(C)C.C=CC(=O)N(C)C.C=CC(=O)OCCN(CC)CC.C=CC(=O)OCCOc1c(Br)cc(Br)cc1Br.C=CC(=O)OCC[N+](C)(C)C.C=CC(N)=O.C=CC=C.C=COC.C=Cc1ccc(O)cc1.C=Cc1ccccc1.[Cl-]. The van der Waals surface area contributed by atoms with Crippen molar-refractivity contribution in [1.29, 1.82) is 10.5 Å². The number of methoxy groups -OCH3 is 1. The molecule has 0 aliphatic heterocycles. The molecule has 0 spiro atoms. The largest absolute Gasteiger partial charge is 1.00 e. The number of esters is 3. The monoisotopic (exact) mass is 1530 g/mol. The van der Waals surface area contributed by atoms with Gasteiger partial charge in [-0.2, -0.15) is 10.5 Å². The minimum absolute atomic E-state index is 0. The van der Waals surface area contributed by atoms with E-state index >= 15 is 0 Å². The molecule has 0 aromatic heterocycles. The van der Waals surface area contributed by atoms with Crippen molar-refractivity contribution < 1.29 is 74.4 Å². The van der Waals surface area contributed by atoms with Gasteiger partial charge in [0.25, 0.3) is 0 Å². The van der Waals surface area contributed by atoms with Gasteiger partial charge in [-0.15, -0.1) is 0 Å². The number of ketones is 1. The number of carbonyl (C=O) groups excluding carboxylic acids is 6. The third-order valence-corrected chi connectivity index (χ3v) is 10.7. The summed E-state index contributed by atoms with van der Waals surface area (Å²) < 4.78 is 27.6. The summed E-state index contributed by atoms with van der Waals surface area (Å²) in [5.74, 6) is -0.128. The van der Waals surface area contributed by atoms with Crippen molar-refractivity contribution >= 4 is 95.4 Å². The van der Waals surface area contributed by atoms with Crippen molar-refractivity contribution in [2.45, 2.75) is 41.0 Å². The summed E-state index contributed by atoms with van der Waals surface area (Å²) in [5.41, 5.74) is 7.29. The van der Waals surface area contributed by atoms with Gasteiger partial charge >= 0.3 is 17.9 Å². The lowest BCUT2D eigenvalue weighted by Crippen LogP contribution is -3.00. The molecule has 0 fully saturated rings. The molecule has 0 atom stereocenters. The van der Waals surface area contributed by atoms with E-state index in [0.29, 0.717) is 42.6 Å². The number of benzene rings is 3. The Morgan fingerprint density at radius 1 is 0.663 bits per heavy atom. The van der Waals surface area contributed by atoms with Gasteiger partial charge in [-0.25, -0.2) is 14.4 Å². The molecule has 95 heavy (non-hydrogen) atoms. The number of rotatable bonds is 24. The van der Waals surface area contributed by atoms with Gasteiger partial charge in [-0.3, -0.25) is 14.4 Å². The summed E-state index contributed by atoms with van der Waals surface area (Å²) in [5, 5.41) is 24.1. The Hall–Kier alpha value is -8.67. The van der Waals surface area contributed by atoms with Crippen LogP contribution in [0.2, 0.25) is 0 Å². The van der Waals surface area contributed by atoms with Crippen LogP contribution in [0.5, 0.6) is 11.5 Å². The Balaban J connectivity index is -0.000000107. The van der Waals surface area contributed by atoms with Crippen LogP contribution in [0.4, 0.5) is 0 Å². The van der Waals surface area contributed by atoms with Crippen molar-refractivity contribution in [3.8, 4) is 23.6 Å². The molecular formula is C73H104Br3ClN6O12. The highest BCUT2D eigenvalue weighted by molar-refractivity contribution is 9.11. The van der Waals surface area contributed by atoms with Gasteiger partial charge in [0.15, 0.2) is 5.78 Å². The first-order valence-corrected chi connectivity index (χ1v) is 30.6. The zero-order valence-corrected chi connectivity index (χ0v) is 63.2. The molecule has 0 saturated carbocycles. The molecule has 0 heterocycles. The highest BCUT2D eigenvalue weighted by atomic mass is 79.9. The molecule has 22 heteroatoms. The lowest BCUT2D eigenvalue weighted by Gasteiger charge is -2.23. The molecule has 3 rings (SSSR count). The number of primary amides is 1. The number of phenolic OH excluding ortho intramolecular Hbond substituents is 1. The zero-order chi connectivity index (χ0) is 74.9. The Morgan fingerprint density at radius 2 is 1.05 bits per heavy atom. The summed E-state index contributed by atoms with van der Waals surface area (Å²) in [6.45, 7) is 58.1. The van der Waals surface area contributed by atoms with Gasteiger partial charge in [-0.1, -0.05) is 196 Å². The number of nitriles is 2. The maximum absolute atomic E-state index is 10.8. The number of nitrogens with zero attached hydrogens (tertiary/aromatic N) is 5. The molecule has 0 aliphatic carbocycles. The van der Waals surface area contributed by atoms with E-state index < -0.39 is 11.9 Å². The number of allylic oxidation sites excluding steroid dienone is 5. The number of amides is 2. The summed E-state index contributed by atoms with van der Waals surface area (Å²) in [6, 6.07) is 24.2. The normalized spacial score (nSPS) is 8.40. The first kappa shape index (κ1) is 108. The van der Waals surface area contributed by atoms with Crippen LogP contribution in [-0.4, -0.2) is 150 Å². The highest BCUT2D eigenvalue weighted by Gasteiger charge is 2.09. The molecule has 3 aromatic rings. The fraction of sp³-hybridized carbons (Fsp3) is 0.288. The summed E-state index contributed by atoms with van der Waals surface area (Å²) in [4.78, 5) is 65.9. The van der Waals surface area contributed by atoms with Gasteiger partial charge < -0.3 is 61.2 Å². The van der Waals surface area contributed by atoms with Crippen molar-refractivity contribution in [2.75, 3.05) is 95.0 Å². The fourth-order valence-electron chi connectivity index (χ4n) is 4.23. The number of nitrogens with two attached hydrogens (primary N) is 1. The van der Waals surface area contributed by atoms with Gasteiger partial charge in [0.2, 0.25) is 11.8 Å². The molecule has 0 radical (unpaired) electrons. The number of ether oxygens (including phenoxy) is 5. The number of halogens is 4. The topological polar surface area (TPSA) is 249 Å².